The zero-order valence-corrected chi connectivity index (χ0v) is 15.6. The highest BCUT2D eigenvalue weighted by atomic mass is 32.2. The molecule has 146 valence electrons. The highest BCUT2D eigenvalue weighted by Crippen LogP contribution is 2.21. The minimum absolute atomic E-state index is 0.155. The summed E-state index contributed by atoms with van der Waals surface area (Å²) in [6.07, 6.45) is 2.11. The van der Waals surface area contributed by atoms with Crippen LogP contribution in [0.1, 0.15) is 13.3 Å². The summed E-state index contributed by atoms with van der Waals surface area (Å²) in [5.74, 6) is -0.944. The Kier molecular flexibility index (Phi) is 5.85. The van der Waals surface area contributed by atoms with E-state index in [2.05, 4.69) is 9.97 Å². The van der Waals surface area contributed by atoms with Gasteiger partial charge in [0.05, 0.1) is 11.5 Å². The first-order valence-electron chi connectivity index (χ1n) is 8.57. The SMILES string of the molecule is CCOc1ccnc(N2CCCN(S(=O)(=O)c3cc(F)cc(F)c3)CC2)n1. The molecule has 27 heavy (non-hydrogen) atoms. The van der Waals surface area contributed by atoms with E-state index in [-0.39, 0.29) is 18.0 Å². The number of hydrogen-bond acceptors (Lipinski definition) is 6. The maximum absolute atomic E-state index is 13.4. The van der Waals surface area contributed by atoms with Crippen LogP contribution < -0.4 is 9.64 Å². The van der Waals surface area contributed by atoms with E-state index in [1.165, 1.54) is 4.31 Å². The minimum atomic E-state index is -3.99. The van der Waals surface area contributed by atoms with E-state index < -0.39 is 21.7 Å². The van der Waals surface area contributed by atoms with E-state index in [4.69, 9.17) is 4.74 Å². The van der Waals surface area contributed by atoms with Gasteiger partial charge in [-0.3, -0.25) is 0 Å². The molecule has 0 bridgehead atoms. The van der Waals surface area contributed by atoms with Gasteiger partial charge in [-0.05, 0) is 25.5 Å². The van der Waals surface area contributed by atoms with Gasteiger partial charge >= 0.3 is 0 Å². The first-order valence-corrected chi connectivity index (χ1v) is 10.0. The van der Waals surface area contributed by atoms with Gasteiger partial charge < -0.3 is 9.64 Å². The van der Waals surface area contributed by atoms with Gasteiger partial charge in [-0.25, -0.2) is 22.2 Å². The van der Waals surface area contributed by atoms with Crippen LogP contribution in [0.15, 0.2) is 35.4 Å². The van der Waals surface area contributed by atoms with Crippen LogP contribution in [0.25, 0.3) is 0 Å². The predicted molar refractivity (Wildman–Crippen MR) is 95.1 cm³/mol. The molecule has 1 aromatic heterocycles. The van der Waals surface area contributed by atoms with Crippen molar-refractivity contribution in [1.29, 1.82) is 0 Å². The van der Waals surface area contributed by atoms with E-state index in [1.807, 2.05) is 11.8 Å². The van der Waals surface area contributed by atoms with Crippen molar-refractivity contribution in [3.63, 3.8) is 0 Å². The molecule has 0 saturated carbocycles. The molecule has 0 aliphatic carbocycles. The summed E-state index contributed by atoms with van der Waals surface area (Å²) in [5.41, 5.74) is 0. The van der Waals surface area contributed by atoms with E-state index in [0.29, 0.717) is 44.0 Å². The molecule has 1 saturated heterocycles. The second-order valence-electron chi connectivity index (χ2n) is 5.98. The van der Waals surface area contributed by atoms with Crippen molar-refractivity contribution in [2.75, 3.05) is 37.7 Å². The summed E-state index contributed by atoms with van der Waals surface area (Å²) in [5, 5.41) is 0. The first-order chi connectivity index (χ1) is 12.9. The van der Waals surface area contributed by atoms with Crippen molar-refractivity contribution < 1.29 is 21.9 Å². The Morgan fingerprint density at radius 2 is 1.85 bits per heavy atom. The molecule has 2 heterocycles. The van der Waals surface area contributed by atoms with Gasteiger partial charge in [0.1, 0.15) is 11.6 Å². The molecule has 0 atom stereocenters. The summed E-state index contributed by atoms with van der Waals surface area (Å²) < 4.78 is 59.0. The van der Waals surface area contributed by atoms with Crippen molar-refractivity contribution in [2.24, 2.45) is 0 Å². The number of hydrogen-bond donors (Lipinski definition) is 0. The van der Waals surface area contributed by atoms with Crippen molar-refractivity contribution in [1.82, 2.24) is 14.3 Å². The summed E-state index contributed by atoms with van der Waals surface area (Å²) in [7, 11) is -3.99. The quantitative estimate of drug-likeness (QED) is 0.767. The normalized spacial score (nSPS) is 16.2. The molecule has 0 radical (unpaired) electrons. The van der Waals surface area contributed by atoms with Crippen molar-refractivity contribution in [2.45, 2.75) is 18.2 Å². The summed E-state index contributed by atoms with van der Waals surface area (Å²) in [6.45, 7) is 3.63. The van der Waals surface area contributed by atoms with Crippen LogP contribution in [0.2, 0.25) is 0 Å². The lowest BCUT2D eigenvalue weighted by Crippen LogP contribution is -2.35. The topological polar surface area (TPSA) is 75.6 Å². The molecule has 10 heteroatoms. The van der Waals surface area contributed by atoms with E-state index in [1.54, 1.807) is 12.3 Å². The number of nitrogens with zero attached hydrogens (tertiary/aromatic N) is 4. The van der Waals surface area contributed by atoms with Crippen LogP contribution in [-0.2, 0) is 10.0 Å². The second-order valence-corrected chi connectivity index (χ2v) is 7.92. The molecule has 1 aliphatic rings. The predicted octanol–water partition coefficient (Wildman–Crippen LogP) is 2.05. The van der Waals surface area contributed by atoms with Gasteiger partial charge in [-0.2, -0.15) is 9.29 Å². The highest BCUT2D eigenvalue weighted by Gasteiger charge is 2.28. The lowest BCUT2D eigenvalue weighted by Gasteiger charge is -2.22. The van der Waals surface area contributed by atoms with E-state index in [9.17, 15) is 17.2 Å². The zero-order chi connectivity index (χ0) is 19.4. The van der Waals surface area contributed by atoms with E-state index in [0.717, 1.165) is 12.1 Å². The smallest absolute Gasteiger partial charge is 0.243 e. The molecule has 1 fully saturated rings. The summed E-state index contributed by atoms with van der Waals surface area (Å²) in [6, 6.07) is 3.96. The van der Waals surface area contributed by atoms with Crippen LogP contribution in [0.3, 0.4) is 0 Å². The lowest BCUT2D eigenvalue weighted by atomic mass is 10.3. The van der Waals surface area contributed by atoms with Gasteiger partial charge in [-0.1, -0.05) is 0 Å². The third-order valence-corrected chi connectivity index (χ3v) is 6.00. The number of aromatic nitrogens is 2. The lowest BCUT2D eigenvalue weighted by molar-refractivity contribution is 0.326. The Morgan fingerprint density at radius 1 is 1.11 bits per heavy atom. The van der Waals surface area contributed by atoms with Crippen LogP contribution in [-0.4, -0.2) is 55.5 Å². The molecule has 0 spiro atoms. The van der Waals surface area contributed by atoms with E-state index >= 15 is 0 Å². The van der Waals surface area contributed by atoms with Gasteiger partial charge in [0, 0.05) is 44.5 Å². The monoisotopic (exact) mass is 398 g/mol. The highest BCUT2D eigenvalue weighted by molar-refractivity contribution is 7.89. The van der Waals surface area contributed by atoms with Crippen LogP contribution in [0.4, 0.5) is 14.7 Å². The molecule has 1 aliphatic heterocycles. The largest absolute Gasteiger partial charge is 0.478 e. The number of rotatable bonds is 5. The Balaban J connectivity index is 1.77. The third kappa shape index (κ3) is 4.51. The van der Waals surface area contributed by atoms with Gasteiger partial charge in [-0.15, -0.1) is 0 Å². The fourth-order valence-corrected chi connectivity index (χ4v) is 4.39. The van der Waals surface area contributed by atoms with Crippen molar-refractivity contribution in [3.8, 4) is 5.88 Å². The standard InChI is InChI=1S/C17H20F2N4O3S/c1-2-26-16-4-5-20-17(21-16)22-6-3-7-23(9-8-22)27(24,25)15-11-13(18)10-14(19)12-15/h4-5,10-12H,2-3,6-9H2,1H3. The molecule has 0 N–H and O–H groups in total. The Hall–Kier alpha value is -2.33. The van der Waals surface area contributed by atoms with Crippen LogP contribution in [0, 0.1) is 11.6 Å². The van der Waals surface area contributed by atoms with Crippen molar-refractivity contribution >= 4 is 16.0 Å². The van der Waals surface area contributed by atoms with Crippen LogP contribution in [0.5, 0.6) is 5.88 Å². The number of ether oxygens (including phenoxy) is 1. The second kappa shape index (κ2) is 8.13. The molecular weight excluding hydrogens is 378 g/mol. The molecule has 0 unspecified atom stereocenters. The summed E-state index contributed by atoms with van der Waals surface area (Å²) >= 11 is 0. The average Bonchev–Trinajstić information content (AvgIpc) is 2.88. The Morgan fingerprint density at radius 3 is 2.56 bits per heavy atom. The fraction of sp³-hybridized carbons (Fsp3) is 0.412. The zero-order valence-electron chi connectivity index (χ0n) is 14.8. The third-order valence-electron chi connectivity index (χ3n) is 4.12. The Bertz CT molecular complexity index is 891. The maximum Gasteiger partial charge on any atom is 0.243 e. The molecule has 2 aromatic rings. The van der Waals surface area contributed by atoms with Crippen molar-refractivity contribution in [3.05, 3.63) is 42.1 Å². The van der Waals surface area contributed by atoms with Gasteiger partial charge in [0.2, 0.25) is 21.9 Å². The average molecular weight is 398 g/mol. The maximum atomic E-state index is 13.4. The van der Waals surface area contributed by atoms with Gasteiger partial charge in [0.25, 0.3) is 0 Å². The molecule has 3 rings (SSSR count). The fourth-order valence-electron chi connectivity index (χ4n) is 2.87. The molecular formula is C17H20F2N4O3S. The van der Waals surface area contributed by atoms with Crippen LogP contribution >= 0.6 is 0 Å². The number of sulfonamides is 1. The number of benzene rings is 1. The Labute approximate surface area is 156 Å². The number of anilines is 1. The number of halogens is 2. The van der Waals surface area contributed by atoms with Gasteiger partial charge in [0.15, 0.2) is 0 Å². The molecule has 1 aromatic carbocycles. The molecule has 0 amide bonds. The summed E-state index contributed by atoms with van der Waals surface area (Å²) in [4.78, 5) is 10.0. The first kappa shape index (κ1) is 19.4. The minimum Gasteiger partial charge on any atom is -0.478 e. The molecule has 7 nitrogen and oxygen atoms in total.